The molecular weight excluding hydrogens is 735 g/mol. The van der Waals surface area contributed by atoms with Crippen LogP contribution < -0.4 is 10.2 Å². The summed E-state index contributed by atoms with van der Waals surface area (Å²) in [4.78, 5) is 47.5. The van der Waals surface area contributed by atoms with Gasteiger partial charge in [0, 0.05) is 63.1 Å². The average molecular weight is 810 g/mol. The highest BCUT2D eigenvalue weighted by Crippen LogP contribution is 2.48. The standard InChI is InChI=1S/C47H75N3O8/c1-14-37-34(8)56-38(26-46(37,10)55-13)40-30(4)33(7)45(9,54-12)25-29(3)41(51)32(6)42-47(11,39(15-2)57-43(52)31(40)5)58-44(53)50(42)28-48-27-35-21-23-49(24-22-35)36-19-17-16-18-20-36/h14,16-20,29-35,37-40,42,48H,1,15,21-28H2,2-13H3/t29-,30-,31-,32+,33-,34+,37+,38?,39-,40+,42-,45-,46-,47-/m1/s1. The van der Waals surface area contributed by atoms with Crippen molar-refractivity contribution in [1.29, 1.82) is 0 Å². The molecule has 4 fully saturated rings. The first kappa shape index (κ1) is 46.1. The van der Waals surface area contributed by atoms with Crippen LogP contribution in [0.2, 0.25) is 0 Å². The minimum absolute atomic E-state index is 0.0230. The van der Waals surface area contributed by atoms with Crippen molar-refractivity contribution in [3.8, 4) is 0 Å². The van der Waals surface area contributed by atoms with Gasteiger partial charge in [-0.3, -0.25) is 19.8 Å². The van der Waals surface area contributed by atoms with Gasteiger partial charge in [0.05, 0.1) is 42.0 Å². The summed E-state index contributed by atoms with van der Waals surface area (Å²) in [6.07, 6.45) is 3.55. The maximum absolute atomic E-state index is 14.7. The molecule has 0 aliphatic carbocycles. The number of piperidine rings is 1. The van der Waals surface area contributed by atoms with Gasteiger partial charge in [0.15, 0.2) is 5.60 Å². The predicted octanol–water partition coefficient (Wildman–Crippen LogP) is 7.91. The summed E-state index contributed by atoms with van der Waals surface area (Å²) in [7, 11) is 3.44. The second-order valence-corrected chi connectivity index (χ2v) is 18.9. The zero-order valence-electron chi connectivity index (χ0n) is 37.6. The van der Waals surface area contributed by atoms with E-state index in [-0.39, 0.29) is 54.3 Å². The van der Waals surface area contributed by atoms with Crippen molar-refractivity contribution < 1.29 is 38.1 Å². The Balaban J connectivity index is 1.44. The molecule has 4 aliphatic heterocycles. The number of carbonyl (C=O) groups is 3. The van der Waals surface area contributed by atoms with E-state index in [9.17, 15) is 14.4 Å². The van der Waals surface area contributed by atoms with E-state index in [4.69, 9.17) is 23.7 Å². The Morgan fingerprint density at radius 3 is 2.14 bits per heavy atom. The van der Waals surface area contributed by atoms with Gasteiger partial charge in [0.2, 0.25) is 0 Å². The third kappa shape index (κ3) is 9.03. The van der Waals surface area contributed by atoms with E-state index in [2.05, 4.69) is 68.8 Å². The highest BCUT2D eigenvalue weighted by atomic mass is 16.6. The number of methoxy groups -OCH3 is 2. The molecule has 326 valence electrons. The van der Waals surface area contributed by atoms with Crippen LogP contribution in [0.4, 0.5) is 10.5 Å². The fourth-order valence-corrected chi connectivity index (χ4v) is 11.5. The van der Waals surface area contributed by atoms with Crippen molar-refractivity contribution in [3.63, 3.8) is 0 Å². The number of ether oxygens (including phenoxy) is 5. The van der Waals surface area contributed by atoms with Crippen molar-refractivity contribution in [3.05, 3.63) is 43.0 Å². The number of anilines is 1. The zero-order valence-corrected chi connectivity index (χ0v) is 37.6. The molecule has 4 aliphatic rings. The van der Waals surface area contributed by atoms with Crippen LogP contribution in [-0.4, -0.2) is 104 Å². The fraction of sp³-hybridized carbons (Fsp3) is 0.766. The molecule has 0 saturated carbocycles. The summed E-state index contributed by atoms with van der Waals surface area (Å²) in [6.45, 7) is 27.1. The highest BCUT2D eigenvalue weighted by Gasteiger charge is 2.60. The van der Waals surface area contributed by atoms with E-state index in [1.807, 2.05) is 53.7 Å². The number of hydrogen-bond acceptors (Lipinski definition) is 10. The minimum Gasteiger partial charge on any atom is -0.458 e. The summed E-state index contributed by atoms with van der Waals surface area (Å²) in [5.74, 6) is -2.00. The van der Waals surface area contributed by atoms with Crippen LogP contribution in [0.3, 0.4) is 0 Å². The largest absolute Gasteiger partial charge is 0.458 e. The Bertz CT molecular complexity index is 1570. The Morgan fingerprint density at radius 2 is 1.55 bits per heavy atom. The van der Waals surface area contributed by atoms with Gasteiger partial charge < -0.3 is 28.6 Å². The van der Waals surface area contributed by atoms with Gasteiger partial charge in [-0.1, -0.05) is 65.8 Å². The number of carbonyl (C=O) groups excluding carboxylic acids is 3. The summed E-state index contributed by atoms with van der Waals surface area (Å²) in [5.41, 5.74) is -1.32. The molecule has 1 amide bonds. The quantitative estimate of drug-likeness (QED) is 0.185. The zero-order chi connectivity index (χ0) is 42.7. The van der Waals surface area contributed by atoms with Crippen LogP contribution in [0.15, 0.2) is 43.0 Å². The molecule has 0 bridgehead atoms. The number of rotatable bonds is 10. The number of esters is 1. The second kappa shape index (κ2) is 18.7. The van der Waals surface area contributed by atoms with Gasteiger partial charge in [-0.15, -0.1) is 6.58 Å². The molecule has 1 unspecified atom stereocenters. The highest BCUT2D eigenvalue weighted by molar-refractivity contribution is 5.85. The first-order chi connectivity index (χ1) is 27.4. The third-order valence-corrected chi connectivity index (χ3v) is 15.4. The third-order valence-electron chi connectivity index (χ3n) is 15.4. The number of cyclic esters (lactones) is 1. The molecular formula is C47H75N3O8. The summed E-state index contributed by atoms with van der Waals surface area (Å²) in [5, 5.41) is 3.57. The Labute approximate surface area is 349 Å². The Kier molecular flexibility index (Phi) is 14.9. The van der Waals surface area contributed by atoms with Crippen LogP contribution in [0.5, 0.6) is 0 Å². The molecule has 0 spiro atoms. The maximum atomic E-state index is 14.7. The number of ketones is 1. The Morgan fingerprint density at radius 1 is 0.914 bits per heavy atom. The van der Waals surface area contributed by atoms with Gasteiger partial charge in [0.1, 0.15) is 11.9 Å². The molecule has 0 radical (unpaired) electrons. The number of hydrogen-bond donors (Lipinski definition) is 1. The molecule has 5 rings (SSSR count). The number of amides is 1. The summed E-state index contributed by atoms with van der Waals surface area (Å²) < 4.78 is 32.2. The number of fused-ring (bicyclic) bond motifs is 1. The molecule has 1 N–H and O–H groups in total. The van der Waals surface area contributed by atoms with Gasteiger partial charge in [-0.2, -0.15) is 0 Å². The molecule has 58 heavy (non-hydrogen) atoms. The predicted molar refractivity (Wildman–Crippen MR) is 227 cm³/mol. The second-order valence-electron chi connectivity index (χ2n) is 18.9. The molecule has 11 nitrogen and oxygen atoms in total. The lowest BCUT2D eigenvalue weighted by atomic mass is 9.64. The number of nitrogens with one attached hydrogen (secondary N) is 1. The Hall–Kier alpha value is -2.99. The van der Waals surface area contributed by atoms with Gasteiger partial charge in [0.25, 0.3) is 0 Å². The van der Waals surface area contributed by atoms with Crippen LogP contribution in [-0.2, 0) is 33.3 Å². The van der Waals surface area contributed by atoms with Crippen molar-refractivity contribution in [1.82, 2.24) is 10.2 Å². The van der Waals surface area contributed by atoms with Crippen molar-refractivity contribution in [2.75, 3.05) is 45.4 Å². The van der Waals surface area contributed by atoms with Gasteiger partial charge in [-0.05, 0) is 89.8 Å². The van der Waals surface area contributed by atoms with E-state index in [1.165, 1.54) is 5.69 Å². The molecule has 11 heteroatoms. The first-order valence-electron chi connectivity index (χ1n) is 22.0. The van der Waals surface area contributed by atoms with E-state index in [1.54, 1.807) is 19.1 Å². The maximum Gasteiger partial charge on any atom is 0.411 e. The van der Waals surface area contributed by atoms with Gasteiger partial charge >= 0.3 is 12.1 Å². The van der Waals surface area contributed by atoms with Crippen molar-refractivity contribution in [2.24, 2.45) is 47.3 Å². The molecule has 1 aromatic carbocycles. The molecule has 14 atom stereocenters. The van der Waals surface area contributed by atoms with Crippen LogP contribution in [0.1, 0.15) is 101 Å². The topological polar surface area (TPSA) is 116 Å². The molecule has 4 saturated heterocycles. The fourth-order valence-electron chi connectivity index (χ4n) is 11.5. The summed E-state index contributed by atoms with van der Waals surface area (Å²) in [6, 6.07) is 9.82. The number of benzene rings is 1. The monoisotopic (exact) mass is 810 g/mol. The number of nitrogens with zero attached hydrogens (tertiary/aromatic N) is 2. The van der Waals surface area contributed by atoms with E-state index >= 15 is 0 Å². The molecule has 0 aromatic heterocycles. The van der Waals surface area contributed by atoms with E-state index < -0.39 is 52.8 Å². The lowest BCUT2D eigenvalue weighted by Gasteiger charge is -2.51. The van der Waals surface area contributed by atoms with E-state index in [0.29, 0.717) is 25.2 Å². The summed E-state index contributed by atoms with van der Waals surface area (Å²) >= 11 is 0. The average Bonchev–Trinajstić information content (AvgIpc) is 3.47. The smallest absolute Gasteiger partial charge is 0.411 e. The minimum atomic E-state index is -1.29. The van der Waals surface area contributed by atoms with E-state index in [0.717, 1.165) is 32.5 Å². The van der Waals surface area contributed by atoms with Crippen molar-refractivity contribution >= 4 is 23.5 Å². The first-order valence-corrected chi connectivity index (χ1v) is 22.0. The molecule has 4 heterocycles. The van der Waals surface area contributed by atoms with Gasteiger partial charge in [-0.25, -0.2) is 4.79 Å². The number of Topliss-reactive ketones (excluding diaryl/α,β-unsaturated/α-hetero) is 1. The SMILES string of the molecule is C=C[C@H]1[C@H](C)OC([C@H]2[C@H](C)[C@@H](C)[C@](C)(OC)C[C@@H](C)C(=O)[C@H](C)[C@H]3N(CNCC4CCN(c5ccccc5)CC4)C(=O)O[C@]3(C)[C@@H](CC)OC(=O)[C@@H]2C)C[C@@]1(C)OC. The van der Waals surface area contributed by atoms with Crippen LogP contribution in [0.25, 0.3) is 0 Å². The van der Waals surface area contributed by atoms with Crippen LogP contribution >= 0.6 is 0 Å². The molecule has 1 aromatic rings. The number of para-hydroxylation sites is 1. The van der Waals surface area contributed by atoms with Crippen LogP contribution in [0, 0.1) is 47.3 Å². The normalized spacial score (nSPS) is 41.0. The lowest BCUT2D eigenvalue weighted by molar-refractivity contribution is -0.208. The lowest BCUT2D eigenvalue weighted by Crippen LogP contribution is -2.59. The van der Waals surface area contributed by atoms with Crippen molar-refractivity contribution in [2.45, 2.75) is 142 Å².